The third kappa shape index (κ3) is 5.26. The minimum Gasteiger partial charge on any atom is -0.455 e. The highest BCUT2D eigenvalue weighted by Crippen LogP contribution is 2.50. The van der Waals surface area contributed by atoms with E-state index >= 15 is 0 Å². The molecular weight excluding hydrogens is 679 g/mol. The molecule has 11 aromatic rings. The largest absolute Gasteiger partial charge is 0.455 e. The summed E-state index contributed by atoms with van der Waals surface area (Å²) in [7, 11) is 0. The molecule has 2 nitrogen and oxygen atoms in total. The predicted molar refractivity (Wildman–Crippen MR) is 237 cm³/mol. The van der Waals surface area contributed by atoms with E-state index in [4.69, 9.17) is 4.42 Å². The SMILES string of the molecule is c1ccc(-c2ccc(N(c3ccc(-c4ccccc4)cc3)c3ccc4oc5c6ccccc6c6ccccc6c5c4c3-c3ccc4ccccc4c3)cc2)cc1. The number of fused-ring (bicyclic) bond motifs is 9. The molecule has 1 aromatic heterocycles. The molecule has 11 rings (SSSR count). The van der Waals surface area contributed by atoms with E-state index in [0.29, 0.717) is 0 Å². The van der Waals surface area contributed by atoms with Crippen LogP contribution in [0.25, 0.3) is 87.6 Å². The van der Waals surface area contributed by atoms with Crippen LogP contribution in [0.5, 0.6) is 0 Å². The molecule has 1 heterocycles. The minimum absolute atomic E-state index is 0.868. The molecular formula is C54H35NO. The number of furan rings is 1. The van der Waals surface area contributed by atoms with Gasteiger partial charge < -0.3 is 9.32 Å². The van der Waals surface area contributed by atoms with E-state index < -0.39 is 0 Å². The summed E-state index contributed by atoms with van der Waals surface area (Å²) in [5.41, 5.74) is 12.0. The third-order valence-corrected chi connectivity index (χ3v) is 11.2. The van der Waals surface area contributed by atoms with Crippen molar-refractivity contribution in [2.75, 3.05) is 4.90 Å². The first kappa shape index (κ1) is 32.0. The number of benzene rings is 10. The summed E-state index contributed by atoms with van der Waals surface area (Å²) in [4.78, 5) is 2.41. The molecule has 0 amide bonds. The van der Waals surface area contributed by atoms with Crippen molar-refractivity contribution in [2.45, 2.75) is 0 Å². The van der Waals surface area contributed by atoms with Gasteiger partial charge in [-0.25, -0.2) is 0 Å². The first-order chi connectivity index (χ1) is 27.8. The number of nitrogens with zero attached hydrogens (tertiary/aromatic N) is 1. The zero-order chi connectivity index (χ0) is 37.0. The van der Waals surface area contributed by atoms with E-state index in [2.05, 4.69) is 217 Å². The van der Waals surface area contributed by atoms with Crippen LogP contribution in [0.2, 0.25) is 0 Å². The highest BCUT2D eigenvalue weighted by atomic mass is 16.3. The quantitative estimate of drug-likeness (QED) is 0.160. The van der Waals surface area contributed by atoms with E-state index in [1.165, 1.54) is 49.2 Å². The van der Waals surface area contributed by atoms with Gasteiger partial charge in [-0.1, -0.05) is 170 Å². The number of rotatable bonds is 6. The van der Waals surface area contributed by atoms with E-state index in [-0.39, 0.29) is 0 Å². The van der Waals surface area contributed by atoms with Gasteiger partial charge in [-0.15, -0.1) is 0 Å². The normalized spacial score (nSPS) is 11.6. The van der Waals surface area contributed by atoms with Crippen molar-refractivity contribution in [3.63, 3.8) is 0 Å². The smallest absolute Gasteiger partial charge is 0.143 e. The van der Waals surface area contributed by atoms with Gasteiger partial charge in [0.2, 0.25) is 0 Å². The summed E-state index contributed by atoms with van der Waals surface area (Å²) >= 11 is 0. The Morgan fingerprint density at radius 3 is 1.43 bits per heavy atom. The van der Waals surface area contributed by atoms with Crippen molar-refractivity contribution in [1.29, 1.82) is 0 Å². The Hall–Kier alpha value is -7.42. The summed E-state index contributed by atoms with van der Waals surface area (Å²) in [5, 5.41) is 9.38. The Morgan fingerprint density at radius 2 is 0.804 bits per heavy atom. The fourth-order valence-electron chi connectivity index (χ4n) is 8.60. The Bertz CT molecular complexity index is 3130. The van der Waals surface area contributed by atoms with Crippen molar-refractivity contribution < 1.29 is 4.42 Å². The molecule has 0 aliphatic carbocycles. The molecule has 0 saturated carbocycles. The van der Waals surface area contributed by atoms with Gasteiger partial charge in [0.15, 0.2) is 0 Å². The Kier molecular flexibility index (Phi) is 7.53. The zero-order valence-electron chi connectivity index (χ0n) is 30.6. The van der Waals surface area contributed by atoms with Gasteiger partial charge in [0, 0.05) is 33.1 Å². The molecule has 56 heavy (non-hydrogen) atoms. The summed E-state index contributed by atoms with van der Waals surface area (Å²) < 4.78 is 6.98. The summed E-state index contributed by atoms with van der Waals surface area (Å²) in [6.07, 6.45) is 0. The third-order valence-electron chi connectivity index (χ3n) is 11.2. The van der Waals surface area contributed by atoms with Gasteiger partial charge in [0.05, 0.1) is 5.69 Å². The molecule has 0 fully saturated rings. The maximum Gasteiger partial charge on any atom is 0.143 e. The molecule has 0 aliphatic rings. The molecule has 10 aromatic carbocycles. The molecule has 0 aliphatic heterocycles. The average molecular weight is 714 g/mol. The standard InChI is InChI=1S/C54H35NO/c1-3-13-36(14-4-1)39-25-29-43(30-26-39)55(44-31-27-40(28-32-44)37-15-5-2-6-16-37)49-33-34-50-53(51(49)42-24-23-38-17-7-8-18-41(38)35-42)52-47-21-11-9-19-45(47)46-20-10-12-22-48(46)54(52)56-50/h1-35H. The summed E-state index contributed by atoms with van der Waals surface area (Å²) in [6.45, 7) is 0. The first-order valence-corrected chi connectivity index (χ1v) is 19.2. The molecule has 0 saturated heterocycles. The maximum absolute atomic E-state index is 6.98. The van der Waals surface area contributed by atoms with Crippen molar-refractivity contribution in [2.24, 2.45) is 0 Å². The van der Waals surface area contributed by atoms with Crippen molar-refractivity contribution >= 4 is 71.3 Å². The fourth-order valence-corrected chi connectivity index (χ4v) is 8.60. The van der Waals surface area contributed by atoms with Crippen LogP contribution in [-0.2, 0) is 0 Å². The number of hydrogen-bond acceptors (Lipinski definition) is 2. The van der Waals surface area contributed by atoms with Gasteiger partial charge in [-0.2, -0.15) is 0 Å². The first-order valence-electron chi connectivity index (χ1n) is 19.2. The van der Waals surface area contributed by atoms with Crippen LogP contribution in [0.3, 0.4) is 0 Å². The lowest BCUT2D eigenvalue weighted by atomic mass is 9.91. The van der Waals surface area contributed by atoms with Crippen LogP contribution < -0.4 is 4.90 Å². The molecule has 262 valence electrons. The monoisotopic (exact) mass is 713 g/mol. The van der Waals surface area contributed by atoms with Crippen molar-refractivity contribution in [3.8, 4) is 33.4 Å². The zero-order valence-corrected chi connectivity index (χ0v) is 30.6. The van der Waals surface area contributed by atoms with Crippen LogP contribution in [0, 0.1) is 0 Å². The summed E-state index contributed by atoms with van der Waals surface area (Å²) in [6, 6.07) is 76.4. The van der Waals surface area contributed by atoms with Gasteiger partial charge in [-0.05, 0) is 97.2 Å². The topological polar surface area (TPSA) is 16.4 Å². The molecule has 0 atom stereocenters. The lowest BCUT2D eigenvalue weighted by Gasteiger charge is -2.29. The van der Waals surface area contributed by atoms with E-state index in [9.17, 15) is 0 Å². The van der Waals surface area contributed by atoms with Crippen molar-refractivity contribution in [3.05, 3.63) is 212 Å². The minimum atomic E-state index is 0.868. The second-order valence-corrected chi connectivity index (χ2v) is 14.5. The van der Waals surface area contributed by atoms with Gasteiger partial charge in [0.25, 0.3) is 0 Å². The van der Waals surface area contributed by atoms with E-state index in [0.717, 1.165) is 55.5 Å². The lowest BCUT2D eigenvalue weighted by molar-refractivity contribution is 0.673. The second kappa shape index (κ2) is 13.2. The highest BCUT2D eigenvalue weighted by molar-refractivity contribution is 6.33. The Balaban J connectivity index is 1.24. The van der Waals surface area contributed by atoms with Crippen LogP contribution in [-0.4, -0.2) is 0 Å². The van der Waals surface area contributed by atoms with E-state index in [1.54, 1.807) is 0 Å². The molecule has 0 N–H and O–H groups in total. The molecule has 0 radical (unpaired) electrons. The maximum atomic E-state index is 6.98. The molecule has 0 unspecified atom stereocenters. The molecule has 2 heteroatoms. The van der Waals surface area contributed by atoms with Gasteiger partial charge in [0.1, 0.15) is 11.2 Å². The predicted octanol–water partition coefficient (Wildman–Crippen LogP) is 15.5. The lowest BCUT2D eigenvalue weighted by Crippen LogP contribution is -2.11. The summed E-state index contributed by atoms with van der Waals surface area (Å²) in [5.74, 6) is 0. The number of anilines is 3. The van der Waals surface area contributed by atoms with Gasteiger partial charge >= 0.3 is 0 Å². The second-order valence-electron chi connectivity index (χ2n) is 14.5. The molecule has 0 bridgehead atoms. The van der Waals surface area contributed by atoms with Crippen LogP contribution >= 0.6 is 0 Å². The number of hydrogen-bond donors (Lipinski definition) is 0. The Labute approximate surface area is 325 Å². The Morgan fingerprint density at radius 1 is 0.321 bits per heavy atom. The van der Waals surface area contributed by atoms with Crippen LogP contribution in [0.4, 0.5) is 17.1 Å². The average Bonchev–Trinajstić information content (AvgIpc) is 3.68. The van der Waals surface area contributed by atoms with Gasteiger partial charge in [-0.3, -0.25) is 0 Å². The van der Waals surface area contributed by atoms with E-state index in [1.807, 2.05) is 0 Å². The highest BCUT2D eigenvalue weighted by Gasteiger charge is 2.25. The van der Waals surface area contributed by atoms with Crippen LogP contribution in [0.15, 0.2) is 217 Å². The van der Waals surface area contributed by atoms with Crippen molar-refractivity contribution in [1.82, 2.24) is 0 Å². The molecule has 0 spiro atoms. The van der Waals surface area contributed by atoms with Crippen LogP contribution in [0.1, 0.15) is 0 Å². The fraction of sp³-hybridized carbons (Fsp3) is 0.